The van der Waals surface area contributed by atoms with Crippen molar-refractivity contribution in [3.8, 4) is 11.3 Å². The van der Waals surface area contributed by atoms with Gasteiger partial charge in [-0.1, -0.05) is 30.3 Å². The summed E-state index contributed by atoms with van der Waals surface area (Å²) in [7, 11) is 0. The highest BCUT2D eigenvalue weighted by Gasteiger charge is 2.15. The van der Waals surface area contributed by atoms with Crippen molar-refractivity contribution in [2.45, 2.75) is 13.3 Å². The number of rotatable bonds is 3. The lowest BCUT2D eigenvalue weighted by Gasteiger charge is -2.08. The molecule has 0 spiro atoms. The van der Waals surface area contributed by atoms with E-state index in [4.69, 9.17) is 5.73 Å². The Balaban J connectivity index is 1.81. The van der Waals surface area contributed by atoms with Crippen LogP contribution in [0.2, 0.25) is 0 Å². The summed E-state index contributed by atoms with van der Waals surface area (Å²) in [6.07, 6.45) is 0.618. The Labute approximate surface area is 144 Å². The average molecular weight is 333 g/mol. The summed E-state index contributed by atoms with van der Waals surface area (Å²) in [5.74, 6) is 0.692. The van der Waals surface area contributed by atoms with Crippen molar-refractivity contribution < 1.29 is 4.39 Å². The van der Waals surface area contributed by atoms with Crippen LogP contribution in [0.25, 0.3) is 16.9 Å². The van der Waals surface area contributed by atoms with Gasteiger partial charge in [0.1, 0.15) is 5.82 Å². The summed E-state index contributed by atoms with van der Waals surface area (Å²) >= 11 is 0. The molecule has 0 saturated carbocycles. The van der Waals surface area contributed by atoms with E-state index in [1.807, 2.05) is 37.3 Å². The Morgan fingerprint density at radius 2 is 1.72 bits per heavy atom. The van der Waals surface area contributed by atoms with E-state index in [9.17, 15) is 4.39 Å². The van der Waals surface area contributed by atoms with Crippen LogP contribution < -0.4 is 5.73 Å². The maximum atomic E-state index is 13.2. The summed E-state index contributed by atoms with van der Waals surface area (Å²) < 4.78 is 14.9. The van der Waals surface area contributed by atoms with Crippen molar-refractivity contribution >= 4 is 11.5 Å². The molecule has 4 rings (SSSR count). The minimum atomic E-state index is -0.290. The summed E-state index contributed by atoms with van der Waals surface area (Å²) in [5.41, 5.74) is 10.0. The molecule has 0 unspecified atom stereocenters. The summed E-state index contributed by atoms with van der Waals surface area (Å²) in [6.45, 7) is 1.90. The Morgan fingerprint density at radius 1 is 1.00 bits per heavy atom. The third-order valence-corrected chi connectivity index (χ3v) is 4.10. The number of nitrogens with zero attached hydrogens (tertiary/aromatic N) is 4. The quantitative estimate of drug-likeness (QED) is 0.624. The molecule has 2 N–H and O–H groups in total. The second-order valence-corrected chi connectivity index (χ2v) is 5.86. The zero-order chi connectivity index (χ0) is 17.4. The SMILES string of the molecule is Cc1c(-c2ccc(F)cc2)nc(N)c2nc(Cc3ccccc3)nn12. The van der Waals surface area contributed by atoms with E-state index in [0.29, 0.717) is 29.4 Å². The number of nitrogen functional groups attached to an aromatic ring is 1. The van der Waals surface area contributed by atoms with Gasteiger partial charge in [-0.2, -0.15) is 5.10 Å². The molecule has 124 valence electrons. The first-order chi connectivity index (χ1) is 12.1. The molecule has 0 atom stereocenters. The third-order valence-electron chi connectivity index (χ3n) is 4.10. The number of fused-ring (bicyclic) bond motifs is 1. The molecule has 0 radical (unpaired) electrons. The van der Waals surface area contributed by atoms with Gasteiger partial charge in [-0.05, 0) is 36.8 Å². The molecule has 0 amide bonds. The highest BCUT2D eigenvalue weighted by Crippen LogP contribution is 2.25. The number of nitrogens with two attached hydrogens (primary N) is 1. The molecule has 2 aromatic carbocycles. The Morgan fingerprint density at radius 3 is 2.44 bits per heavy atom. The lowest BCUT2D eigenvalue weighted by atomic mass is 10.1. The number of anilines is 1. The average Bonchev–Trinajstić information content (AvgIpc) is 3.04. The Hall–Kier alpha value is -3.28. The summed E-state index contributed by atoms with van der Waals surface area (Å²) in [5, 5.41) is 4.58. The minimum absolute atomic E-state index is 0.290. The van der Waals surface area contributed by atoms with Crippen molar-refractivity contribution in [3.63, 3.8) is 0 Å². The maximum Gasteiger partial charge on any atom is 0.198 e. The lowest BCUT2D eigenvalue weighted by Crippen LogP contribution is -2.04. The number of benzene rings is 2. The van der Waals surface area contributed by atoms with Gasteiger partial charge in [0, 0.05) is 12.0 Å². The molecule has 2 heterocycles. The van der Waals surface area contributed by atoms with Gasteiger partial charge in [0.2, 0.25) is 0 Å². The molecule has 0 aliphatic heterocycles. The van der Waals surface area contributed by atoms with Crippen molar-refractivity contribution in [3.05, 3.63) is 77.5 Å². The van der Waals surface area contributed by atoms with E-state index < -0.39 is 0 Å². The summed E-state index contributed by atoms with van der Waals surface area (Å²) in [4.78, 5) is 8.97. The van der Waals surface area contributed by atoms with Crippen molar-refractivity contribution in [2.24, 2.45) is 0 Å². The van der Waals surface area contributed by atoms with Crippen LogP contribution in [0.1, 0.15) is 17.1 Å². The zero-order valence-corrected chi connectivity index (χ0v) is 13.6. The van der Waals surface area contributed by atoms with Gasteiger partial charge in [0.25, 0.3) is 0 Å². The van der Waals surface area contributed by atoms with Crippen LogP contribution in [0.4, 0.5) is 10.2 Å². The van der Waals surface area contributed by atoms with Crippen LogP contribution in [0.3, 0.4) is 0 Å². The lowest BCUT2D eigenvalue weighted by molar-refractivity contribution is 0.628. The molecule has 6 heteroatoms. The summed E-state index contributed by atoms with van der Waals surface area (Å²) in [6, 6.07) is 16.2. The monoisotopic (exact) mass is 333 g/mol. The molecular formula is C19H16FN5. The predicted molar refractivity (Wildman–Crippen MR) is 94.6 cm³/mol. The Bertz CT molecular complexity index is 1040. The smallest absolute Gasteiger partial charge is 0.198 e. The van der Waals surface area contributed by atoms with Gasteiger partial charge in [0.05, 0.1) is 11.4 Å². The number of halogens is 1. The van der Waals surface area contributed by atoms with Crippen LogP contribution in [0.5, 0.6) is 0 Å². The van der Waals surface area contributed by atoms with E-state index in [2.05, 4.69) is 15.1 Å². The van der Waals surface area contributed by atoms with Crippen LogP contribution >= 0.6 is 0 Å². The second kappa shape index (κ2) is 5.98. The van der Waals surface area contributed by atoms with Gasteiger partial charge in [-0.3, -0.25) is 0 Å². The van der Waals surface area contributed by atoms with E-state index in [1.54, 1.807) is 16.6 Å². The first-order valence-electron chi connectivity index (χ1n) is 7.93. The number of hydrogen-bond donors (Lipinski definition) is 1. The van der Waals surface area contributed by atoms with Gasteiger partial charge < -0.3 is 5.73 Å². The molecule has 0 saturated heterocycles. The zero-order valence-electron chi connectivity index (χ0n) is 13.6. The highest BCUT2D eigenvalue weighted by molar-refractivity contribution is 5.69. The van der Waals surface area contributed by atoms with Crippen molar-refractivity contribution in [1.29, 1.82) is 0 Å². The van der Waals surface area contributed by atoms with Gasteiger partial charge in [-0.15, -0.1) is 0 Å². The third kappa shape index (κ3) is 2.82. The highest BCUT2D eigenvalue weighted by atomic mass is 19.1. The molecule has 4 aromatic rings. The molecule has 0 aliphatic carbocycles. The van der Waals surface area contributed by atoms with E-state index >= 15 is 0 Å². The molecule has 0 aliphatic rings. The molecule has 0 fully saturated rings. The molecule has 0 bridgehead atoms. The standard InChI is InChI=1S/C19H16FN5/c1-12-17(14-7-9-15(20)10-8-14)23-18(21)19-22-16(24-25(12)19)11-13-5-3-2-4-6-13/h2-10H,11H2,1H3,(H2,21,23). The normalized spacial score (nSPS) is 11.1. The fourth-order valence-electron chi connectivity index (χ4n) is 2.84. The van der Waals surface area contributed by atoms with Crippen molar-refractivity contribution in [2.75, 3.05) is 5.73 Å². The van der Waals surface area contributed by atoms with Crippen LogP contribution in [0, 0.1) is 12.7 Å². The molecular weight excluding hydrogens is 317 g/mol. The van der Waals surface area contributed by atoms with E-state index in [-0.39, 0.29) is 5.82 Å². The number of aromatic nitrogens is 4. The number of aryl methyl sites for hydroxylation is 1. The molecule has 5 nitrogen and oxygen atoms in total. The van der Waals surface area contributed by atoms with Crippen LogP contribution in [0.15, 0.2) is 54.6 Å². The predicted octanol–water partition coefficient (Wildman–Crippen LogP) is 3.41. The van der Waals surface area contributed by atoms with Crippen LogP contribution in [-0.4, -0.2) is 19.6 Å². The van der Waals surface area contributed by atoms with Gasteiger partial charge >= 0.3 is 0 Å². The van der Waals surface area contributed by atoms with Gasteiger partial charge in [0.15, 0.2) is 17.3 Å². The van der Waals surface area contributed by atoms with E-state index in [0.717, 1.165) is 16.8 Å². The fourth-order valence-corrected chi connectivity index (χ4v) is 2.84. The molecule has 2 aromatic heterocycles. The first kappa shape index (κ1) is 15.3. The number of hydrogen-bond acceptors (Lipinski definition) is 4. The van der Waals surface area contributed by atoms with Gasteiger partial charge in [-0.25, -0.2) is 18.9 Å². The minimum Gasteiger partial charge on any atom is -0.381 e. The van der Waals surface area contributed by atoms with Crippen molar-refractivity contribution in [1.82, 2.24) is 19.6 Å². The fraction of sp³-hybridized carbons (Fsp3) is 0.105. The Kier molecular flexibility index (Phi) is 3.65. The second-order valence-electron chi connectivity index (χ2n) is 5.86. The van der Waals surface area contributed by atoms with Crippen LogP contribution in [-0.2, 0) is 6.42 Å². The maximum absolute atomic E-state index is 13.2. The topological polar surface area (TPSA) is 69.1 Å². The first-order valence-corrected chi connectivity index (χ1v) is 7.93. The molecule has 25 heavy (non-hydrogen) atoms. The van der Waals surface area contributed by atoms with E-state index in [1.165, 1.54) is 12.1 Å². The largest absolute Gasteiger partial charge is 0.381 e.